The molecular formula is C17H18NO2-. The summed E-state index contributed by atoms with van der Waals surface area (Å²) >= 11 is 0. The second kappa shape index (κ2) is 5.37. The molecule has 0 N–H and O–H groups in total. The summed E-state index contributed by atoms with van der Waals surface area (Å²) in [6.45, 7) is 6.36. The lowest BCUT2D eigenvalue weighted by Gasteiger charge is -2.26. The first kappa shape index (κ1) is 14.1. The molecule has 0 aliphatic carbocycles. The van der Waals surface area contributed by atoms with Crippen molar-refractivity contribution in [2.45, 2.75) is 26.2 Å². The van der Waals surface area contributed by atoms with Gasteiger partial charge in [-0.05, 0) is 35.2 Å². The maximum Gasteiger partial charge on any atom is 0.146 e. The highest BCUT2D eigenvalue weighted by Gasteiger charge is 2.15. The molecule has 104 valence electrons. The van der Waals surface area contributed by atoms with Crippen LogP contribution in [0.15, 0.2) is 54.6 Å². The fourth-order valence-electron chi connectivity index (χ4n) is 2.05. The molecule has 2 aromatic rings. The predicted molar refractivity (Wildman–Crippen MR) is 79.1 cm³/mol. The molecule has 0 radical (unpaired) electrons. The van der Waals surface area contributed by atoms with E-state index in [4.69, 9.17) is 0 Å². The molecule has 3 nitrogen and oxygen atoms in total. The van der Waals surface area contributed by atoms with Gasteiger partial charge in [-0.3, -0.25) is 4.90 Å². The highest BCUT2D eigenvalue weighted by molar-refractivity contribution is 5.93. The van der Waals surface area contributed by atoms with Crippen LogP contribution >= 0.6 is 0 Å². The normalized spacial score (nSPS) is 11.2. The summed E-state index contributed by atoms with van der Waals surface area (Å²) in [5, 5.41) is 11.4. The number of hydrogen-bond acceptors (Lipinski definition) is 2. The average Bonchev–Trinajstić information content (AvgIpc) is 2.39. The van der Waals surface area contributed by atoms with Crippen LogP contribution in [0.1, 0.15) is 26.3 Å². The first-order valence-corrected chi connectivity index (χ1v) is 6.56. The lowest BCUT2D eigenvalue weighted by atomic mass is 9.87. The highest BCUT2D eigenvalue weighted by atomic mass is 16.4. The van der Waals surface area contributed by atoms with Crippen LogP contribution in [-0.4, -0.2) is 6.09 Å². The third-order valence-electron chi connectivity index (χ3n) is 3.19. The van der Waals surface area contributed by atoms with Crippen LogP contribution in [0.25, 0.3) is 0 Å². The number of nitrogens with zero attached hydrogens (tertiary/aromatic N) is 1. The van der Waals surface area contributed by atoms with E-state index in [-0.39, 0.29) is 5.41 Å². The van der Waals surface area contributed by atoms with E-state index in [1.807, 2.05) is 30.3 Å². The van der Waals surface area contributed by atoms with Crippen LogP contribution in [-0.2, 0) is 5.41 Å². The van der Waals surface area contributed by atoms with Gasteiger partial charge in [0.15, 0.2) is 0 Å². The number of carbonyl (C=O) groups is 1. The topological polar surface area (TPSA) is 43.4 Å². The Morgan fingerprint density at radius 2 is 1.40 bits per heavy atom. The third-order valence-corrected chi connectivity index (χ3v) is 3.19. The molecule has 0 aliphatic rings. The Bertz CT molecular complexity index is 583. The van der Waals surface area contributed by atoms with Crippen molar-refractivity contribution in [2.75, 3.05) is 4.90 Å². The molecule has 0 spiro atoms. The quantitative estimate of drug-likeness (QED) is 0.837. The molecule has 2 rings (SSSR count). The van der Waals surface area contributed by atoms with Gasteiger partial charge in [-0.15, -0.1) is 0 Å². The molecule has 20 heavy (non-hydrogen) atoms. The summed E-state index contributed by atoms with van der Waals surface area (Å²) in [6, 6.07) is 16.5. The number of hydrogen-bond donors (Lipinski definition) is 0. The van der Waals surface area contributed by atoms with Gasteiger partial charge in [-0.25, -0.2) is 0 Å². The van der Waals surface area contributed by atoms with E-state index in [2.05, 4.69) is 20.8 Å². The average molecular weight is 268 g/mol. The molecule has 0 heterocycles. The maximum atomic E-state index is 11.4. The van der Waals surface area contributed by atoms with E-state index < -0.39 is 6.09 Å². The Kier molecular flexibility index (Phi) is 3.79. The number of amides is 1. The van der Waals surface area contributed by atoms with E-state index in [1.54, 1.807) is 24.3 Å². The molecule has 0 saturated carbocycles. The van der Waals surface area contributed by atoms with E-state index in [0.29, 0.717) is 11.4 Å². The predicted octanol–water partition coefficient (Wildman–Crippen LogP) is 3.47. The largest absolute Gasteiger partial charge is 0.529 e. The molecule has 2 aromatic carbocycles. The molecule has 0 unspecified atom stereocenters. The lowest BCUT2D eigenvalue weighted by molar-refractivity contribution is -0.245. The van der Waals surface area contributed by atoms with Crippen molar-refractivity contribution < 1.29 is 9.90 Å². The minimum atomic E-state index is -1.24. The Morgan fingerprint density at radius 3 is 1.85 bits per heavy atom. The summed E-state index contributed by atoms with van der Waals surface area (Å²) in [4.78, 5) is 12.6. The fourth-order valence-corrected chi connectivity index (χ4v) is 2.05. The number of carboxylic acid groups (broad SMARTS) is 1. The summed E-state index contributed by atoms with van der Waals surface area (Å²) in [6.07, 6.45) is -1.24. The zero-order valence-electron chi connectivity index (χ0n) is 12.0. The molecular weight excluding hydrogens is 250 g/mol. The van der Waals surface area contributed by atoms with Gasteiger partial charge in [0.25, 0.3) is 0 Å². The second-order valence-corrected chi connectivity index (χ2v) is 5.73. The molecule has 0 bridgehead atoms. The van der Waals surface area contributed by atoms with Crippen molar-refractivity contribution in [1.29, 1.82) is 0 Å². The third kappa shape index (κ3) is 2.99. The number of benzene rings is 2. The summed E-state index contributed by atoms with van der Waals surface area (Å²) in [5.41, 5.74) is 2.37. The smallest absolute Gasteiger partial charge is 0.146 e. The highest BCUT2D eigenvalue weighted by Crippen LogP contribution is 2.28. The molecule has 0 aliphatic heterocycles. The van der Waals surface area contributed by atoms with Crippen LogP contribution in [0.4, 0.5) is 16.2 Å². The van der Waals surface area contributed by atoms with Crippen molar-refractivity contribution >= 4 is 17.5 Å². The Labute approximate surface area is 119 Å². The van der Waals surface area contributed by atoms with Gasteiger partial charge in [-0.2, -0.15) is 0 Å². The Hall–Kier alpha value is -2.29. The molecule has 0 saturated heterocycles. The van der Waals surface area contributed by atoms with Crippen LogP contribution in [0.2, 0.25) is 0 Å². The molecule has 0 aromatic heterocycles. The van der Waals surface area contributed by atoms with E-state index in [9.17, 15) is 9.90 Å². The van der Waals surface area contributed by atoms with Crippen molar-refractivity contribution in [3.8, 4) is 0 Å². The number of carbonyl (C=O) groups excluding carboxylic acids is 1. The Morgan fingerprint density at radius 1 is 0.900 bits per heavy atom. The van der Waals surface area contributed by atoms with Gasteiger partial charge in [0.1, 0.15) is 6.09 Å². The van der Waals surface area contributed by atoms with Crippen LogP contribution in [0.3, 0.4) is 0 Å². The first-order valence-electron chi connectivity index (χ1n) is 6.56. The molecule has 3 heteroatoms. The number of rotatable bonds is 2. The van der Waals surface area contributed by atoms with E-state index in [1.165, 1.54) is 4.90 Å². The van der Waals surface area contributed by atoms with Crippen molar-refractivity contribution in [2.24, 2.45) is 0 Å². The zero-order chi connectivity index (χ0) is 14.8. The van der Waals surface area contributed by atoms with Gasteiger partial charge in [0, 0.05) is 11.4 Å². The summed E-state index contributed by atoms with van der Waals surface area (Å²) in [7, 11) is 0. The van der Waals surface area contributed by atoms with Gasteiger partial charge < -0.3 is 9.90 Å². The monoisotopic (exact) mass is 268 g/mol. The van der Waals surface area contributed by atoms with Crippen LogP contribution in [0, 0.1) is 0 Å². The van der Waals surface area contributed by atoms with Crippen LogP contribution in [0.5, 0.6) is 0 Å². The van der Waals surface area contributed by atoms with Crippen molar-refractivity contribution in [1.82, 2.24) is 0 Å². The standard InChI is InChI=1S/C17H19NO2/c1-17(2,3)13-9-11-15(12-10-13)18(16(19)20)14-7-5-4-6-8-14/h4-12H,1-3H3,(H,19,20)/p-1. The van der Waals surface area contributed by atoms with Crippen LogP contribution < -0.4 is 10.0 Å². The molecule has 0 fully saturated rings. The molecule has 1 amide bonds. The maximum absolute atomic E-state index is 11.4. The number of anilines is 2. The van der Waals surface area contributed by atoms with E-state index >= 15 is 0 Å². The zero-order valence-corrected chi connectivity index (χ0v) is 12.0. The second-order valence-electron chi connectivity index (χ2n) is 5.73. The van der Waals surface area contributed by atoms with Gasteiger partial charge in [-0.1, -0.05) is 51.1 Å². The lowest BCUT2D eigenvalue weighted by Crippen LogP contribution is -2.37. The van der Waals surface area contributed by atoms with Gasteiger partial charge in [0.2, 0.25) is 0 Å². The Balaban J connectivity index is 2.39. The summed E-state index contributed by atoms with van der Waals surface area (Å²) < 4.78 is 0. The molecule has 0 atom stereocenters. The van der Waals surface area contributed by atoms with Crippen molar-refractivity contribution in [3.05, 3.63) is 60.2 Å². The van der Waals surface area contributed by atoms with Gasteiger partial charge in [0.05, 0.1) is 0 Å². The van der Waals surface area contributed by atoms with Gasteiger partial charge >= 0.3 is 0 Å². The minimum Gasteiger partial charge on any atom is -0.529 e. The van der Waals surface area contributed by atoms with Crippen molar-refractivity contribution in [3.63, 3.8) is 0 Å². The fraction of sp³-hybridized carbons (Fsp3) is 0.235. The number of para-hydroxylation sites is 1. The summed E-state index contributed by atoms with van der Waals surface area (Å²) in [5.74, 6) is 0. The first-order chi connectivity index (χ1) is 9.39. The minimum absolute atomic E-state index is 0.0393. The SMILES string of the molecule is CC(C)(C)c1ccc(N(C(=O)[O-])c2ccccc2)cc1. The van der Waals surface area contributed by atoms with E-state index in [0.717, 1.165) is 5.56 Å².